The number of ether oxygens (including phenoxy) is 1. The van der Waals surface area contributed by atoms with E-state index < -0.39 is 11.6 Å². The van der Waals surface area contributed by atoms with Gasteiger partial charge in [-0.1, -0.05) is 38.0 Å². The van der Waals surface area contributed by atoms with Gasteiger partial charge in [-0.15, -0.1) is 0 Å². The molecule has 0 N–H and O–H groups in total. The van der Waals surface area contributed by atoms with Gasteiger partial charge in [-0.05, 0) is 131 Å². The van der Waals surface area contributed by atoms with Crippen molar-refractivity contribution in [3.8, 4) is 5.75 Å². The van der Waals surface area contributed by atoms with Crippen LogP contribution < -0.4 is 4.74 Å². The summed E-state index contributed by atoms with van der Waals surface area (Å²) in [5.41, 5.74) is 0.539. The van der Waals surface area contributed by atoms with E-state index in [9.17, 15) is 8.78 Å². The van der Waals surface area contributed by atoms with Gasteiger partial charge in [-0.25, -0.2) is 4.39 Å². The van der Waals surface area contributed by atoms with Crippen molar-refractivity contribution in [1.82, 2.24) is 0 Å². The molecule has 0 spiro atoms. The van der Waals surface area contributed by atoms with Gasteiger partial charge in [0.05, 0.1) is 6.61 Å². The van der Waals surface area contributed by atoms with Crippen LogP contribution in [-0.4, -0.2) is 6.61 Å². The molecule has 0 bridgehead atoms. The van der Waals surface area contributed by atoms with Gasteiger partial charge in [-0.3, -0.25) is 0 Å². The molecule has 0 heterocycles. The van der Waals surface area contributed by atoms with E-state index in [0.717, 1.165) is 55.3 Å². The zero-order valence-corrected chi connectivity index (χ0v) is 21.5. The van der Waals surface area contributed by atoms with Crippen molar-refractivity contribution in [3.05, 3.63) is 41.5 Å². The Morgan fingerprint density at radius 2 is 1.47 bits per heavy atom. The molecule has 0 aromatic heterocycles. The highest BCUT2D eigenvalue weighted by molar-refractivity contribution is 5.33. The fourth-order valence-corrected chi connectivity index (χ4v) is 7.08. The molecule has 0 unspecified atom stereocenters. The zero-order chi connectivity index (χ0) is 23.9. The Balaban J connectivity index is 1.14. The highest BCUT2D eigenvalue weighted by Gasteiger charge is 2.29. The third kappa shape index (κ3) is 6.64. The van der Waals surface area contributed by atoms with Crippen LogP contribution in [0.2, 0.25) is 0 Å². The van der Waals surface area contributed by atoms with Crippen LogP contribution in [0.15, 0.2) is 24.3 Å². The summed E-state index contributed by atoms with van der Waals surface area (Å²) >= 11 is 0. The quantitative estimate of drug-likeness (QED) is 0.342. The zero-order valence-electron chi connectivity index (χ0n) is 21.5. The lowest BCUT2D eigenvalue weighted by molar-refractivity contribution is 0.160. The van der Waals surface area contributed by atoms with Crippen molar-refractivity contribution in [2.75, 3.05) is 6.61 Å². The van der Waals surface area contributed by atoms with E-state index in [1.807, 2.05) is 0 Å². The first-order valence-electron chi connectivity index (χ1n) is 14.3. The Bertz CT molecular complexity index is 779. The van der Waals surface area contributed by atoms with Crippen LogP contribution in [0.5, 0.6) is 5.75 Å². The number of halogens is 2. The van der Waals surface area contributed by atoms with Crippen molar-refractivity contribution >= 4 is 0 Å². The Labute approximate surface area is 206 Å². The SMILES string of the molecule is CCOc1ccc(C2CCC(CC/C=C/C3CCC(C4CCC(C)CC4)CC3)CC2)c(F)c1F. The molecule has 0 radical (unpaired) electrons. The van der Waals surface area contributed by atoms with Gasteiger partial charge in [0.1, 0.15) is 0 Å². The first-order valence-corrected chi connectivity index (χ1v) is 14.3. The minimum atomic E-state index is -0.825. The average molecular weight is 473 g/mol. The van der Waals surface area contributed by atoms with E-state index in [0.29, 0.717) is 12.2 Å². The number of allylic oxidation sites excluding steroid dienone is 2. The van der Waals surface area contributed by atoms with E-state index in [2.05, 4.69) is 19.1 Å². The molecule has 1 nitrogen and oxygen atoms in total. The molecule has 1 aromatic rings. The van der Waals surface area contributed by atoms with Crippen LogP contribution in [-0.2, 0) is 0 Å². The summed E-state index contributed by atoms with van der Waals surface area (Å²) in [6.45, 7) is 4.55. The lowest BCUT2D eigenvalue weighted by atomic mass is 9.69. The number of rotatable bonds is 8. The van der Waals surface area contributed by atoms with Crippen LogP contribution in [0.3, 0.4) is 0 Å². The summed E-state index contributed by atoms with van der Waals surface area (Å²) < 4.78 is 34.0. The van der Waals surface area contributed by atoms with Gasteiger partial charge in [0.15, 0.2) is 11.6 Å². The van der Waals surface area contributed by atoms with E-state index in [1.54, 1.807) is 19.1 Å². The highest BCUT2D eigenvalue weighted by Crippen LogP contribution is 2.42. The molecule has 190 valence electrons. The maximum absolute atomic E-state index is 14.6. The van der Waals surface area contributed by atoms with Gasteiger partial charge in [0.25, 0.3) is 0 Å². The predicted molar refractivity (Wildman–Crippen MR) is 137 cm³/mol. The van der Waals surface area contributed by atoms with Crippen LogP contribution in [0, 0.1) is 41.2 Å². The third-order valence-electron chi connectivity index (χ3n) is 9.36. The monoisotopic (exact) mass is 472 g/mol. The summed E-state index contributed by atoms with van der Waals surface area (Å²) in [5.74, 6) is 3.14. The molecule has 1 aromatic carbocycles. The molecule has 3 aliphatic rings. The standard InChI is InChI=1S/C31H46F2O/c1-3-34-29-21-20-28(30(32)31(29)33)27-18-12-24(13-19-27)7-5-4-6-23-10-16-26(17-11-23)25-14-8-22(2)9-15-25/h4,6,20-27H,3,5,7-19H2,1-2H3/b6-4+. The molecular weight excluding hydrogens is 426 g/mol. The molecule has 0 amide bonds. The van der Waals surface area contributed by atoms with Gasteiger partial charge >= 0.3 is 0 Å². The van der Waals surface area contributed by atoms with Gasteiger partial charge < -0.3 is 4.74 Å². The topological polar surface area (TPSA) is 9.23 Å². The van der Waals surface area contributed by atoms with Crippen molar-refractivity contribution < 1.29 is 13.5 Å². The molecule has 3 heteroatoms. The first kappa shape index (κ1) is 25.7. The summed E-state index contributed by atoms with van der Waals surface area (Å²) in [6.07, 6.45) is 23.1. The van der Waals surface area contributed by atoms with E-state index in [4.69, 9.17) is 4.74 Å². The molecule has 34 heavy (non-hydrogen) atoms. The van der Waals surface area contributed by atoms with Gasteiger partial charge in [0, 0.05) is 0 Å². The molecule has 4 rings (SSSR count). The summed E-state index contributed by atoms with van der Waals surface area (Å²) in [6, 6.07) is 3.33. The second kappa shape index (κ2) is 12.5. The maximum Gasteiger partial charge on any atom is 0.200 e. The van der Waals surface area contributed by atoms with Crippen molar-refractivity contribution in [2.45, 2.75) is 110 Å². The largest absolute Gasteiger partial charge is 0.491 e. The van der Waals surface area contributed by atoms with Gasteiger partial charge in [-0.2, -0.15) is 4.39 Å². The first-order chi connectivity index (χ1) is 16.5. The van der Waals surface area contributed by atoms with Crippen molar-refractivity contribution in [1.29, 1.82) is 0 Å². The normalized spacial score (nSPS) is 32.7. The minimum absolute atomic E-state index is 0.0290. The smallest absolute Gasteiger partial charge is 0.200 e. The molecule has 0 saturated heterocycles. The lowest BCUT2D eigenvalue weighted by Crippen LogP contribution is -2.24. The van der Waals surface area contributed by atoms with Crippen LogP contribution in [0.25, 0.3) is 0 Å². The van der Waals surface area contributed by atoms with Gasteiger partial charge in [0.2, 0.25) is 5.82 Å². The second-order valence-electron chi connectivity index (χ2n) is 11.6. The number of hydrogen-bond acceptors (Lipinski definition) is 1. The molecule has 3 aliphatic carbocycles. The Kier molecular flexibility index (Phi) is 9.48. The third-order valence-corrected chi connectivity index (χ3v) is 9.36. The molecule has 0 aliphatic heterocycles. The summed E-state index contributed by atoms with van der Waals surface area (Å²) in [4.78, 5) is 0. The molecule has 3 fully saturated rings. The van der Waals surface area contributed by atoms with Crippen molar-refractivity contribution in [3.63, 3.8) is 0 Å². The number of benzene rings is 1. The summed E-state index contributed by atoms with van der Waals surface area (Å²) in [7, 11) is 0. The Morgan fingerprint density at radius 3 is 2.12 bits per heavy atom. The second-order valence-corrected chi connectivity index (χ2v) is 11.6. The van der Waals surface area contributed by atoms with Crippen LogP contribution in [0.4, 0.5) is 8.78 Å². The van der Waals surface area contributed by atoms with E-state index in [1.165, 1.54) is 64.2 Å². The predicted octanol–water partition coefficient (Wildman–Crippen LogP) is 9.61. The maximum atomic E-state index is 14.6. The Hall–Kier alpha value is -1.38. The fourth-order valence-electron chi connectivity index (χ4n) is 7.08. The molecule has 3 saturated carbocycles. The van der Waals surface area contributed by atoms with Crippen LogP contribution >= 0.6 is 0 Å². The van der Waals surface area contributed by atoms with Crippen molar-refractivity contribution in [2.24, 2.45) is 29.6 Å². The van der Waals surface area contributed by atoms with E-state index >= 15 is 0 Å². The average Bonchev–Trinajstić information content (AvgIpc) is 2.86. The lowest BCUT2D eigenvalue weighted by Gasteiger charge is -2.36. The summed E-state index contributed by atoms with van der Waals surface area (Å²) in [5, 5.41) is 0. The fraction of sp³-hybridized carbons (Fsp3) is 0.742. The highest BCUT2D eigenvalue weighted by atomic mass is 19.2. The van der Waals surface area contributed by atoms with E-state index in [-0.39, 0.29) is 11.7 Å². The number of hydrogen-bond donors (Lipinski definition) is 0. The van der Waals surface area contributed by atoms with Crippen LogP contribution in [0.1, 0.15) is 115 Å². The molecular formula is C31H46F2O. The Morgan fingerprint density at radius 1 is 0.824 bits per heavy atom. The molecule has 0 atom stereocenters. The minimum Gasteiger partial charge on any atom is -0.491 e.